The van der Waals surface area contributed by atoms with E-state index in [9.17, 15) is 0 Å². The lowest BCUT2D eigenvalue weighted by atomic mass is 10.1. The minimum absolute atomic E-state index is 0.471. The monoisotopic (exact) mass is 246 g/mol. The highest BCUT2D eigenvalue weighted by molar-refractivity contribution is 9.09. The van der Waals surface area contributed by atoms with Crippen LogP contribution in [0.15, 0.2) is 12.3 Å². The number of alkyl halides is 1. The van der Waals surface area contributed by atoms with Crippen LogP contribution in [0.2, 0.25) is 5.15 Å². The molecule has 0 aromatic carbocycles. The topological polar surface area (TPSA) is 36.7 Å². The highest BCUT2D eigenvalue weighted by Gasteiger charge is 2.04. The van der Waals surface area contributed by atoms with Gasteiger partial charge in [0.25, 0.3) is 0 Å². The van der Waals surface area contributed by atoms with E-state index in [2.05, 4.69) is 20.9 Å². The lowest BCUT2D eigenvalue weighted by molar-refractivity contribution is 1.26. The third kappa shape index (κ3) is 2.05. The molecule has 0 aliphatic heterocycles. The molecule has 12 heavy (non-hydrogen) atoms. The molecule has 64 valence electrons. The predicted molar refractivity (Wildman–Crippen MR) is 54.6 cm³/mol. The van der Waals surface area contributed by atoms with Gasteiger partial charge in [0.2, 0.25) is 0 Å². The summed E-state index contributed by atoms with van der Waals surface area (Å²) in [6, 6.07) is 1.76. The summed E-state index contributed by atoms with van der Waals surface area (Å²) in [5.41, 5.74) is 2.35. The summed E-state index contributed by atoms with van der Waals surface area (Å²) in [5.74, 6) is 0. The van der Waals surface area contributed by atoms with Gasteiger partial charge in [-0.1, -0.05) is 27.5 Å². The van der Waals surface area contributed by atoms with Crippen molar-refractivity contribution >= 4 is 33.2 Å². The maximum absolute atomic E-state index is 7.56. The van der Waals surface area contributed by atoms with Gasteiger partial charge in [-0.05, 0) is 18.6 Å². The Morgan fingerprint density at radius 2 is 2.42 bits per heavy atom. The summed E-state index contributed by atoms with van der Waals surface area (Å²) in [4.78, 5) is 3.91. The molecule has 1 aromatic rings. The summed E-state index contributed by atoms with van der Waals surface area (Å²) in [6.45, 7) is 1.92. The first-order chi connectivity index (χ1) is 5.65. The van der Waals surface area contributed by atoms with Crippen LogP contribution < -0.4 is 0 Å². The Bertz CT molecular complexity index is 312. The molecular formula is C8H8BrClN2. The third-order valence-electron chi connectivity index (χ3n) is 1.54. The molecule has 0 bridgehead atoms. The van der Waals surface area contributed by atoms with Gasteiger partial charge in [0, 0.05) is 17.1 Å². The number of aryl methyl sites for hydroxylation is 1. The molecule has 0 fully saturated rings. The average molecular weight is 248 g/mol. The Balaban J connectivity index is 3.09. The molecule has 1 N–H and O–H groups in total. The van der Waals surface area contributed by atoms with Gasteiger partial charge in [-0.3, -0.25) is 0 Å². The van der Waals surface area contributed by atoms with Gasteiger partial charge >= 0.3 is 0 Å². The van der Waals surface area contributed by atoms with Crippen molar-refractivity contribution in [3.8, 4) is 0 Å². The van der Waals surface area contributed by atoms with Crippen LogP contribution in [0.25, 0.3) is 0 Å². The van der Waals surface area contributed by atoms with Crippen molar-refractivity contribution < 1.29 is 0 Å². The number of halogens is 2. The first kappa shape index (κ1) is 9.68. The van der Waals surface area contributed by atoms with E-state index in [1.807, 2.05) is 6.92 Å². The Labute approximate surface area is 84.6 Å². The molecule has 1 heterocycles. The maximum Gasteiger partial charge on any atom is 0.129 e. The fraction of sp³-hybridized carbons (Fsp3) is 0.250. The van der Waals surface area contributed by atoms with Crippen LogP contribution in [0.1, 0.15) is 11.1 Å². The summed E-state index contributed by atoms with van der Waals surface area (Å²) in [5, 5.41) is 8.57. The number of aromatic nitrogens is 1. The number of hydrogen-bond donors (Lipinski definition) is 1. The fourth-order valence-corrected chi connectivity index (χ4v) is 1.42. The van der Waals surface area contributed by atoms with Crippen LogP contribution in [0.3, 0.4) is 0 Å². The van der Waals surface area contributed by atoms with E-state index in [-0.39, 0.29) is 0 Å². The molecule has 4 heteroatoms. The standard InChI is InChI=1S/C8H8BrClN2/c1-5-2-8(10)12-4-6(5)7(11)3-9/h2,4,11H,3H2,1H3. The van der Waals surface area contributed by atoms with Crippen LogP contribution in [-0.2, 0) is 0 Å². The van der Waals surface area contributed by atoms with Crippen molar-refractivity contribution in [1.29, 1.82) is 5.41 Å². The zero-order valence-electron chi connectivity index (χ0n) is 6.56. The third-order valence-corrected chi connectivity index (χ3v) is 2.30. The Morgan fingerprint density at radius 1 is 1.75 bits per heavy atom. The van der Waals surface area contributed by atoms with Gasteiger partial charge in [-0.25, -0.2) is 4.98 Å². The average Bonchev–Trinajstić information content (AvgIpc) is 2.03. The van der Waals surface area contributed by atoms with Crippen molar-refractivity contribution in [1.82, 2.24) is 4.98 Å². The molecule has 1 aromatic heterocycles. The van der Waals surface area contributed by atoms with E-state index in [1.54, 1.807) is 12.3 Å². The molecule has 0 aliphatic carbocycles. The fourth-order valence-electron chi connectivity index (χ4n) is 0.910. The van der Waals surface area contributed by atoms with Crippen molar-refractivity contribution in [2.24, 2.45) is 0 Å². The SMILES string of the molecule is Cc1cc(Cl)ncc1C(=N)CBr. The smallest absolute Gasteiger partial charge is 0.129 e. The second kappa shape index (κ2) is 4.01. The minimum atomic E-state index is 0.471. The Hall–Kier alpha value is -0.410. The zero-order chi connectivity index (χ0) is 9.14. The van der Waals surface area contributed by atoms with Gasteiger partial charge in [-0.2, -0.15) is 0 Å². The quantitative estimate of drug-likeness (QED) is 0.487. The first-order valence-electron chi connectivity index (χ1n) is 3.41. The summed E-state index contributed by atoms with van der Waals surface area (Å²) in [7, 11) is 0. The van der Waals surface area contributed by atoms with E-state index in [0.717, 1.165) is 11.1 Å². The number of nitrogens with one attached hydrogen (secondary N) is 1. The van der Waals surface area contributed by atoms with Crippen molar-refractivity contribution in [3.63, 3.8) is 0 Å². The van der Waals surface area contributed by atoms with Gasteiger partial charge in [0.1, 0.15) is 5.15 Å². The van der Waals surface area contributed by atoms with E-state index in [1.165, 1.54) is 0 Å². The van der Waals surface area contributed by atoms with E-state index >= 15 is 0 Å². The van der Waals surface area contributed by atoms with Gasteiger partial charge < -0.3 is 5.41 Å². The van der Waals surface area contributed by atoms with Crippen molar-refractivity contribution in [3.05, 3.63) is 28.5 Å². The number of pyridine rings is 1. The molecule has 2 nitrogen and oxygen atoms in total. The minimum Gasteiger partial charge on any atom is -0.304 e. The molecule has 0 spiro atoms. The molecule has 0 unspecified atom stereocenters. The maximum atomic E-state index is 7.56. The molecule has 0 amide bonds. The van der Waals surface area contributed by atoms with Crippen LogP contribution in [-0.4, -0.2) is 16.0 Å². The van der Waals surface area contributed by atoms with Gasteiger partial charge in [0.15, 0.2) is 0 Å². The molecular weight excluding hydrogens is 239 g/mol. The van der Waals surface area contributed by atoms with E-state index in [4.69, 9.17) is 17.0 Å². The second-order valence-corrected chi connectivity index (χ2v) is 3.38. The lowest BCUT2D eigenvalue weighted by Crippen LogP contribution is -2.03. The van der Waals surface area contributed by atoms with Crippen LogP contribution in [0.4, 0.5) is 0 Å². The normalized spacial score (nSPS) is 9.92. The van der Waals surface area contributed by atoms with Gasteiger partial charge in [0.05, 0.1) is 5.71 Å². The molecule has 1 rings (SSSR count). The predicted octanol–water partition coefficient (Wildman–Crippen LogP) is 2.81. The van der Waals surface area contributed by atoms with Gasteiger partial charge in [-0.15, -0.1) is 0 Å². The largest absolute Gasteiger partial charge is 0.304 e. The summed E-state index contributed by atoms with van der Waals surface area (Å²) in [6.07, 6.45) is 1.63. The van der Waals surface area contributed by atoms with Crippen LogP contribution >= 0.6 is 27.5 Å². The summed E-state index contributed by atoms with van der Waals surface area (Å²) < 4.78 is 0. The van der Waals surface area contributed by atoms with E-state index in [0.29, 0.717) is 16.2 Å². The number of rotatable bonds is 2. The van der Waals surface area contributed by atoms with Crippen molar-refractivity contribution in [2.45, 2.75) is 6.92 Å². The van der Waals surface area contributed by atoms with E-state index < -0.39 is 0 Å². The molecule has 0 saturated carbocycles. The lowest BCUT2D eigenvalue weighted by Gasteiger charge is -2.03. The van der Waals surface area contributed by atoms with Crippen LogP contribution in [0.5, 0.6) is 0 Å². The van der Waals surface area contributed by atoms with Crippen molar-refractivity contribution in [2.75, 3.05) is 5.33 Å². The molecule has 0 radical (unpaired) electrons. The summed E-state index contributed by atoms with van der Waals surface area (Å²) >= 11 is 8.89. The highest BCUT2D eigenvalue weighted by atomic mass is 79.9. The Kier molecular flexibility index (Phi) is 3.23. The molecule has 0 atom stereocenters. The van der Waals surface area contributed by atoms with Crippen LogP contribution in [0, 0.1) is 12.3 Å². The molecule has 0 aliphatic rings. The second-order valence-electron chi connectivity index (χ2n) is 2.43. The number of hydrogen-bond acceptors (Lipinski definition) is 2. The first-order valence-corrected chi connectivity index (χ1v) is 4.91. The number of nitrogens with zero attached hydrogens (tertiary/aromatic N) is 1. The highest BCUT2D eigenvalue weighted by Crippen LogP contribution is 2.12. The molecule has 0 saturated heterocycles. The Morgan fingerprint density at radius 3 is 2.92 bits per heavy atom. The zero-order valence-corrected chi connectivity index (χ0v) is 8.91.